The Morgan fingerprint density at radius 3 is 2.55 bits per heavy atom. The molecule has 0 bridgehead atoms. The number of nitrogens with zero attached hydrogens (tertiary/aromatic N) is 1. The maximum absolute atomic E-state index is 12.4. The number of carbonyl (C=O) groups excluding carboxylic acids is 1. The summed E-state index contributed by atoms with van der Waals surface area (Å²) >= 11 is 5.86. The van der Waals surface area contributed by atoms with Gasteiger partial charge in [0.2, 0.25) is 0 Å². The molecule has 0 aliphatic heterocycles. The first kappa shape index (κ1) is 15.1. The van der Waals surface area contributed by atoms with Crippen LogP contribution in [0, 0.1) is 0 Å². The molecule has 0 heterocycles. The van der Waals surface area contributed by atoms with Gasteiger partial charge < -0.3 is 15.3 Å². The van der Waals surface area contributed by atoms with Gasteiger partial charge in [-0.05, 0) is 50.9 Å². The molecule has 1 aliphatic carbocycles. The number of amides is 1. The van der Waals surface area contributed by atoms with Gasteiger partial charge in [0.05, 0.1) is 5.02 Å². The van der Waals surface area contributed by atoms with Crippen LogP contribution >= 0.6 is 11.6 Å². The number of phenols is 1. The summed E-state index contributed by atoms with van der Waals surface area (Å²) in [7, 11) is 3.83. The molecule has 0 saturated heterocycles. The molecule has 1 aliphatic rings. The second-order valence-electron chi connectivity index (χ2n) is 5.38. The fourth-order valence-corrected chi connectivity index (χ4v) is 2.94. The number of carbonyl (C=O) groups is 1. The van der Waals surface area contributed by atoms with Crippen molar-refractivity contribution in [3.8, 4) is 5.75 Å². The van der Waals surface area contributed by atoms with Crippen LogP contribution in [0.15, 0.2) is 18.2 Å². The van der Waals surface area contributed by atoms with E-state index in [9.17, 15) is 9.90 Å². The summed E-state index contributed by atoms with van der Waals surface area (Å²) in [4.78, 5) is 14.2. The first-order valence-electron chi connectivity index (χ1n) is 6.96. The van der Waals surface area contributed by atoms with Gasteiger partial charge in [-0.3, -0.25) is 4.79 Å². The third-order valence-corrected chi connectivity index (χ3v) is 4.47. The van der Waals surface area contributed by atoms with Crippen molar-refractivity contribution in [2.24, 2.45) is 0 Å². The molecular formula is C15H21ClN2O2. The van der Waals surface area contributed by atoms with Crippen LogP contribution in [-0.2, 0) is 0 Å². The molecule has 0 atom stereocenters. The molecule has 20 heavy (non-hydrogen) atoms. The van der Waals surface area contributed by atoms with E-state index < -0.39 is 0 Å². The predicted molar refractivity (Wildman–Crippen MR) is 80.3 cm³/mol. The lowest BCUT2D eigenvalue weighted by molar-refractivity contribution is 0.0685. The van der Waals surface area contributed by atoms with Crippen LogP contribution in [0.1, 0.15) is 36.0 Å². The minimum absolute atomic E-state index is 0.000369. The molecule has 0 spiro atoms. The van der Waals surface area contributed by atoms with Crippen LogP contribution in [0.5, 0.6) is 5.75 Å². The molecule has 2 rings (SSSR count). The summed E-state index contributed by atoms with van der Waals surface area (Å²) < 4.78 is 0. The summed E-state index contributed by atoms with van der Waals surface area (Å²) in [5.41, 5.74) is 0.519. The fourth-order valence-electron chi connectivity index (χ4n) is 2.76. The smallest absolute Gasteiger partial charge is 0.253 e. The van der Waals surface area contributed by atoms with Gasteiger partial charge >= 0.3 is 0 Å². The lowest BCUT2D eigenvalue weighted by atomic mass is 9.90. The van der Waals surface area contributed by atoms with Crippen molar-refractivity contribution in [1.82, 2.24) is 10.2 Å². The highest BCUT2D eigenvalue weighted by atomic mass is 35.5. The Morgan fingerprint density at radius 1 is 1.35 bits per heavy atom. The molecule has 1 saturated carbocycles. The van der Waals surface area contributed by atoms with E-state index >= 15 is 0 Å². The molecule has 5 heteroatoms. The molecule has 0 aromatic heterocycles. The molecule has 1 fully saturated rings. The lowest BCUT2D eigenvalue weighted by Gasteiger charge is -2.34. The normalized spacial score (nSPS) is 22.6. The maximum Gasteiger partial charge on any atom is 0.253 e. The number of rotatable bonds is 3. The number of hydrogen-bond donors (Lipinski definition) is 2. The molecule has 1 aromatic rings. The van der Waals surface area contributed by atoms with Crippen LogP contribution in [0.2, 0.25) is 5.02 Å². The van der Waals surface area contributed by atoms with Crippen molar-refractivity contribution in [3.63, 3.8) is 0 Å². The Bertz CT molecular complexity index is 485. The Labute approximate surface area is 124 Å². The highest BCUT2D eigenvalue weighted by molar-refractivity contribution is 6.32. The van der Waals surface area contributed by atoms with E-state index in [-0.39, 0.29) is 22.7 Å². The van der Waals surface area contributed by atoms with Crippen molar-refractivity contribution < 1.29 is 9.90 Å². The number of phenolic OH excluding ortho intramolecular Hbond substituents is 1. The average Bonchev–Trinajstić information content (AvgIpc) is 2.48. The van der Waals surface area contributed by atoms with Crippen LogP contribution in [0.3, 0.4) is 0 Å². The summed E-state index contributed by atoms with van der Waals surface area (Å²) in [5, 5.41) is 12.9. The highest BCUT2D eigenvalue weighted by Gasteiger charge is 2.26. The molecular weight excluding hydrogens is 276 g/mol. The van der Waals surface area contributed by atoms with Gasteiger partial charge in [-0.2, -0.15) is 0 Å². The van der Waals surface area contributed by atoms with Crippen LogP contribution < -0.4 is 5.32 Å². The molecule has 4 nitrogen and oxygen atoms in total. The Morgan fingerprint density at radius 2 is 2.00 bits per heavy atom. The van der Waals surface area contributed by atoms with E-state index in [0.717, 1.165) is 25.7 Å². The first-order valence-corrected chi connectivity index (χ1v) is 7.33. The molecule has 2 N–H and O–H groups in total. The monoisotopic (exact) mass is 296 g/mol. The topological polar surface area (TPSA) is 52.6 Å². The number of hydrogen-bond acceptors (Lipinski definition) is 3. The Hall–Kier alpha value is -1.26. The van der Waals surface area contributed by atoms with Crippen molar-refractivity contribution in [2.75, 3.05) is 14.1 Å². The van der Waals surface area contributed by atoms with E-state index in [2.05, 4.69) is 5.32 Å². The van der Waals surface area contributed by atoms with E-state index in [1.54, 1.807) is 11.0 Å². The number of benzene rings is 1. The maximum atomic E-state index is 12.4. The summed E-state index contributed by atoms with van der Waals surface area (Å²) in [6.07, 6.45) is 4.21. The van der Waals surface area contributed by atoms with E-state index in [0.29, 0.717) is 11.6 Å². The zero-order valence-corrected chi connectivity index (χ0v) is 12.7. The van der Waals surface area contributed by atoms with Gasteiger partial charge in [0.15, 0.2) is 0 Å². The van der Waals surface area contributed by atoms with Gasteiger partial charge in [-0.1, -0.05) is 11.6 Å². The molecule has 1 amide bonds. The number of nitrogens with one attached hydrogen (secondary N) is 1. The SMILES string of the molecule is CNC1CCC(N(C)C(=O)c2ccc(O)c(Cl)c2)CC1. The minimum Gasteiger partial charge on any atom is -0.506 e. The van der Waals surface area contributed by atoms with E-state index in [1.807, 2.05) is 14.1 Å². The van der Waals surface area contributed by atoms with Crippen LogP contribution in [0.25, 0.3) is 0 Å². The van der Waals surface area contributed by atoms with Gasteiger partial charge in [0.1, 0.15) is 5.75 Å². The van der Waals surface area contributed by atoms with Crippen molar-refractivity contribution >= 4 is 17.5 Å². The second kappa shape index (κ2) is 6.46. The first-order chi connectivity index (χ1) is 9.52. The molecule has 1 aromatic carbocycles. The zero-order valence-electron chi connectivity index (χ0n) is 11.9. The molecule has 110 valence electrons. The zero-order chi connectivity index (χ0) is 14.7. The predicted octanol–water partition coefficient (Wildman–Crippen LogP) is 2.65. The van der Waals surface area contributed by atoms with Crippen LogP contribution in [0.4, 0.5) is 0 Å². The van der Waals surface area contributed by atoms with Crippen molar-refractivity contribution in [2.45, 2.75) is 37.8 Å². The average molecular weight is 297 g/mol. The number of aromatic hydroxyl groups is 1. The van der Waals surface area contributed by atoms with E-state index in [1.165, 1.54) is 12.1 Å². The van der Waals surface area contributed by atoms with Gasteiger partial charge in [-0.25, -0.2) is 0 Å². The van der Waals surface area contributed by atoms with Crippen LogP contribution in [-0.4, -0.2) is 42.1 Å². The standard InChI is InChI=1S/C15H21ClN2O2/c1-17-11-4-6-12(7-5-11)18(2)15(20)10-3-8-14(19)13(16)9-10/h3,8-9,11-12,17,19H,4-7H2,1-2H3. The van der Waals surface area contributed by atoms with Gasteiger partial charge in [0.25, 0.3) is 5.91 Å². The molecule has 0 unspecified atom stereocenters. The minimum atomic E-state index is -0.0418. The summed E-state index contributed by atoms with van der Waals surface area (Å²) in [6, 6.07) is 5.44. The number of halogens is 1. The second-order valence-corrected chi connectivity index (χ2v) is 5.78. The molecule has 0 radical (unpaired) electrons. The van der Waals surface area contributed by atoms with Crippen molar-refractivity contribution in [3.05, 3.63) is 28.8 Å². The highest BCUT2D eigenvalue weighted by Crippen LogP contribution is 2.26. The summed E-state index contributed by atoms with van der Waals surface area (Å²) in [5.74, 6) is -0.0415. The van der Waals surface area contributed by atoms with E-state index in [4.69, 9.17) is 11.6 Å². The third kappa shape index (κ3) is 3.25. The fraction of sp³-hybridized carbons (Fsp3) is 0.533. The Balaban J connectivity index is 2.03. The van der Waals surface area contributed by atoms with Gasteiger partial charge in [-0.15, -0.1) is 0 Å². The quantitative estimate of drug-likeness (QED) is 0.901. The third-order valence-electron chi connectivity index (χ3n) is 4.17. The van der Waals surface area contributed by atoms with Gasteiger partial charge in [0, 0.05) is 24.7 Å². The lowest BCUT2D eigenvalue weighted by Crippen LogP contribution is -2.42. The Kier molecular flexibility index (Phi) is 4.89. The summed E-state index contributed by atoms with van der Waals surface area (Å²) in [6.45, 7) is 0. The largest absolute Gasteiger partial charge is 0.506 e. The van der Waals surface area contributed by atoms with Crippen molar-refractivity contribution in [1.29, 1.82) is 0 Å².